The number of rotatable bonds is 4. The summed E-state index contributed by atoms with van der Waals surface area (Å²) < 4.78 is 0. The number of alkyl halides is 2. The standard InChI is InChI=1S/C8H8Br2.C8H10O2/c2*9-5-7-3-1-2-4-8(7)6-10/h1-4H,5-6H2;1-4,9-10H,5-6H2. The van der Waals surface area contributed by atoms with Gasteiger partial charge >= 0.3 is 0 Å². The molecule has 0 saturated carbocycles. The Balaban J connectivity index is 0.000000200. The third kappa shape index (κ3) is 5.37. The minimum atomic E-state index is -0.00324. The summed E-state index contributed by atoms with van der Waals surface area (Å²) in [7, 11) is 0. The van der Waals surface area contributed by atoms with Gasteiger partial charge in [-0.25, -0.2) is 0 Å². The molecule has 0 aliphatic rings. The molecular weight excluding hydrogens is 384 g/mol. The summed E-state index contributed by atoms with van der Waals surface area (Å²) in [6.45, 7) is -0.00648. The van der Waals surface area contributed by atoms with Crippen molar-refractivity contribution in [1.82, 2.24) is 0 Å². The number of hydrogen-bond acceptors (Lipinski definition) is 2. The van der Waals surface area contributed by atoms with Gasteiger partial charge in [0.25, 0.3) is 0 Å². The fourth-order valence-corrected chi connectivity index (χ4v) is 2.78. The van der Waals surface area contributed by atoms with Crippen LogP contribution in [0.2, 0.25) is 0 Å². The molecule has 2 rings (SSSR count). The highest BCUT2D eigenvalue weighted by atomic mass is 79.9. The van der Waals surface area contributed by atoms with E-state index in [1.165, 1.54) is 11.1 Å². The Morgan fingerprint density at radius 2 is 0.900 bits per heavy atom. The molecule has 0 fully saturated rings. The molecular formula is C16H18Br2O2. The maximum Gasteiger partial charge on any atom is 0.0685 e. The largest absolute Gasteiger partial charge is 0.392 e. The van der Waals surface area contributed by atoms with Crippen LogP contribution >= 0.6 is 31.9 Å². The van der Waals surface area contributed by atoms with E-state index in [2.05, 4.69) is 56.1 Å². The first-order valence-corrected chi connectivity index (χ1v) is 8.48. The highest BCUT2D eigenvalue weighted by Gasteiger charge is 1.96. The van der Waals surface area contributed by atoms with Gasteiger partial charge < -0.3 is 10.2 Å². The number of hydrogen-bond donors (Lipinski definition) is 2. The highest BCUT2D eigenvalue weighted by molar-refractivity contribution is 9.09. The van der Waals surface area contributed by atoms with Crippen LogP contribution in [-0.2, 0) is 23.9 Å². The van der Waals surface area contributed by atoms with Crippen LogP contribution in [0.4, 0.5) is 0 Å². The van der Waals surface area contributed by atoms with Gasteiger partial charge in [0, 0.05) is 10.7 Å². The molecule has 108 valence electrons. The van der Waals surface area contributed by atoms with Crippen LogP contribution in [0.15, 0.2) is 48.5 Å². The quantitative estimate of drug-likeness (QED) is 0.755. The summed E-state index contributed by atoms with van der Waals surface area (Å²) in [4.78, 5) is 0. The molecule has 2 nitrogen and oxygen atoms in total. The van der Waals surface area contributed by atoms with E-state index in [1.54, 1.807) is 12.1 Å². The van der Waals surface area contributed by atoms with Gasteiger partial charge in [-0.05, 0) is 22.3 Å². The maximum atomic E-state index is 8.74. The molecule has 4 heteroatoms. The monoisotopic (exact) mass is 400 g/mol. The van der Waals surface area contributed by atoms with Crippen molar-refractivity contribution < 1.29 is 10.2 Å². The second-order valence-corrected chi connectivity index (χ2v) is 5.24. The third-order valence-corrected chi connectivity index (χ3v) is 4.07. The maximum absolute atomic E-state index is 8.74. The molecule has 0 aliphatic carbocycles. The third-order valence-electron chi connectivity index (χ3n) is 2.87. The zero-order valence-corrected chi connectivity index (χ0v) is 14.3. The number of benzene rings is 2. The number of halogens is 2. The molecule has 0 heterocycles. The van der Waals surface area contributed by atoms with E-state index in [9.17, 15) is 0 Å². The average molecular weight is 402 g/mol. The molecule has 20 heavy (non-hydrogen) atoms. The molecule has 0 unspecified atom stereocenters. The first kappa shape index (κ1) is 17.4. The molecule has 0 spiro atoms. The summed E-state index contributed by atoms with van der Waals surface area (Å²) in [5, 5.41) is 19.4. The van der Waals surface area contributed by atoms with E-state index in [0.29, 0.717) is 0 Å². The SMILES string of the molecule is BrCc1ccccc1CBr.OCc1ccccc1CO. The van der Waals surface area contributed by atoms with Gasteiger partial charge in [0.15, 0.2) is 0 Å². The molecule has 0 atom stereocenters. The van der Waals surface area contributed by atoms with Crippen molar-refractivity contribution in [3.63, 3.8) is 0 Å². The topological polar surface area (TPSA) is 40.5 Å². The van der Waals surface area contributed by atoms with E-state index in [1.807, 2.05) is 12.1 Å². The van der Waals surface area contributed by atoms with Gasteiger partial charge in [-0.1, -0.05) is 80.4 Å². The summed E-state index contributed by atoms with van der Waals surface area (Å²) >= 11 is 6.86. The summed E-state index contributed by atoms with van der Waals surface area (Å²) in [5.41, 5.74) is 4.31. The minimum Gasteiger partial charge on any atom is -0.392 e. The lowest BCUT2D eigenvalue weighted by Gasteiger charge is -2.01. The lowest BCUT2D eigenvalue weighted by Crippen LogP contribution is -1.91. The summed E-state index contributed by atoms with van der Waals surface area (Å²) in [5.74, 6) is 0. The Hall–Kier alpha value is -0.680. The smallest absolute Gasteiger partial charge is 0.0685 e. The molecule has 0 radical (unpaired) electrons. The van der Waals surface area contributed by atoms with Crippen LogP contribution in [-0.4, -0.2) is 10.2 Å². The zero-order chi connectivity index (χ0) is 14.8. The molecule has 0 aromatic heterocycles. The Kier molecular flexibility index (Phi) is 8.78. The summed E-state index contributed by atoms with van der Waals surface area (Å²) in [6.07, 6.45) is 0. The van der Waals surface area contributed by atoms with E-state index < -0.39 is 0 Å². The zero-order valence-electron chi connectivity index (χ0n) is 11.1. The number of aliphatic hydroxyl groups is 2. The van der Waals surface area contributed by atoms with Crippen molar-refractivity contribution in [1.29, 1.82) is 0 Å². The van der Waals surface area contributed by atoms with E-state index >= 15 is 0 Å². The second-order valence-electron chi connectivity index (χ2n) is 4.12. The van der Waals surface area contributed by atoms with Gasteiger partial charge in [0.2, 0.25) is 0 Å². The Morgan fingerprint density at radius 3 is 1.15 bits per heavy atom. The fourth-order valence-electron chi connectivity index (χ4n) is 1.68. The average Bonchev–Trinajstić information content (AvgIpc) is 2.55. The van der Waals surface area contributed by atoms with Crippen molar-refractivity contribution in [2.24, 2.45) is 0 Å². The first-order valence-electron chi connectivity index (χ1n) is 6.24. The molecule has 0 saturated heterocycles. The number of aliphatic hydroxyl groups excluding tert-OH is 2. The molecule has 2 aromatic rings. The van der Waals surface area contributed by atoms with Crippen molar-refractivity contribution >= 4 is 31.9 Å². The Bertz CT molecular complexity index is 422. The van der Waals surface area contributed by atoms with Crippen LogP contribution in [0.1, 0.15) is 22.3 Å². The van der Waals surface area contributed by atoms with E-state index in [-0.39, 0.29) is 13.2 Å². The second kappa shape index (κ2) is 10.1. The predicted octanol–water partition coefficient (Wildman–Crippen LogP) is 4.15. The van der Waals surface area contributed by atoms with Crippen molar-refractivity contribution in [2.75, 3.05) is 0 Å². The van der Waals surface area contributed by atoms with E-state index in [0.717, 1.165) is 21.8 Å². The Labute approximate surface area is 136 Å². The minimum absolute atomic E-state index is 0.00324. The van der Waals surface area contributed by atoms with Crippen molar-refractivity contribution in [2.45, 2.75) is 23.9 Å². The van der Waals surface area contributed by atoms with Gasteiger partial charge in [0.05, 0.1) is 13.2 Å². The van der Waals surface area contributed by atoms with Gasteiger partial charge in [0.1, 0.15) is 0 Å². The van der Waals surface area contributed by atoms with Crippen LogP contribution in [0.5, 0.6) is 0 Å². The predicted molar refractivity (Wildman–Crippen MR) is 90.0 cm³/mol. The lowest BCUT2D eigenvalue weighted by molar-refractivity contribution is 0.260. The fraction of sp³-hybridized carbons (Fsp3) is 0.250. The highest BCUT2D eigenvalue weighted by Crippen LogP contribution is 2.14. The van der Waals surface area contributed by atoms with Crippen molar-refractivity contribution in [3.05, 3.63) is 70.8 Å². The molecule has 0 bridgehead atoms. The van der Waals surface area contributed by atoms with Gasteiger partial charge in [-0.15, -0.1) is 0 Å². The van der Waals surface area contributed by atoms with Gasteiger partial charge in [-0.2, -0.15) is 0 Å². The normalized spacial score (nSPS) is 9.80. The molecule has 0 amide bonds. The molecule has 2 aromatic carbocycles. The first-order chi connectivity index (χ1) is 9.76. The van der Waals surface area contributed by atoms with Crippen LogP contribution < -0.4 is 0 Å². The van der Waals surface area contributed by atoms with Gasteiger partial charge in [-0.3, -0.25) is 0 Å². The Morgan fingerprint density at radius 1 is 0.600 bits per heavy atom. The summed E-state index contributed by atoms with van der Waals surface area (Å²) in [6, 6.07) is 15.6. The molecule has 0 aliphatic heterocycles. The lowest BCUT2D eigenvalue weighted by atomic mass is 10.1. The molecule has 2 N–H and O–H groups in total. The van der Waals surface area contributed by atoms with Crippen LogP contribution in [0.3, 0.4) is 0 Å². The van der Waals surface area contributed by atoms with Crippen LogP contribution in [0, 0.1) is 0 Å². The van der Waals surface area contributed by atoms with E-state index in [4.69, 9.17) is 10.2 Å². The van der Waals surface area contributed by atoms with Crippen LogP contribution in [0.25, 0.3) is 0 Å². The van der Waals surface area contributed by atoms with Crippen molar-refractivity contribution in [3.8, 4) is 0 Å².